The van der Waals surface area contributed by atoms with Gasteiger partial charge in [0.1, 0.15) is 12.2 Å². The predicted molar refractivity (Wildman–Crippen MR) is 118 cm³/mol. The van der Waals surface area contributed by atoms with E-state index < -0.39 is 11.0 Å². The van der Waals surface area contributed by atoms with E-state index in [9.17, 15) is 19.7 Å². The number of non-ortho nitro benzene ring substituents is 1. The summed E-state index contributed by atoms with van der Waals surface area (Å²) in [7, 11) is 0. The highest BCUT2D eigenvalue weighted by atomic mass is 16.6. The molecule has 2 fully saturated rings. The summed E-state index contributed by atoms with van der Waals surface area (Å²) < 4.78 is 0. The number of carbonyl (C=O) groups excluding carboxylic acids is 2. The van der Waals surface area contributed by atoms with Crippen molar-refractivity contribution in [2.45, 2.75) is 65.1 Å². The Labute approximate surface area is 183 Å². The Balaban J connectivity index is 1.77. The van der Waals surface area contributed by atoms with Gasteiger partial charge in [-0.25, -0.2) is 0 Å². The van der Waals surface area contributed by atoms with Crippen molar-refractivity contribution >= 4 is 23.2 Å². The van der Waals surface area contributed by atoms with Crippen LogP contribution in [0.15, 0.2) is 18.2 Å². The molecule has 1 aromatic rings. The number of amides is 2. The van der Waals surface area contributed by atoms with Crippen molar-refractivity contribution in [3.8, 4) is 0 Å². The first-order chi connectivity index (χ1) is 14.8. The van der Waals surface area contributed by atoms with Gasteiger partial charge in [-0.2, -0.15) is 0 Å². The van der Waals surface area contributed by atoms with Crippen molar-refractivity contribution in [1.82, 2.24) is 9.80 Å². The summed E-state index contributed by atoms with van der Waals surface area (Å²) in [6.07, 6.45) is 4.71. The van der Waals surface area contributed by atoms with Gasteiger partial charge in [-0.15, -0.1) is 0 Å². The van der Waals surface area contributed by atoms with E-state index in [0.717, 1.165) is 31.5 Å². The first kappa shape index (κ1) is 21.6. The summed E-state index contributed by atoms with van der Waals surface area (Å²) in [5.41, 5.74) is 0.961. The highest BCUT2D eigenvalue weighted by Gasteiger charge is 2.49. The van der Waals surface area contributed by atoms with Crippen LogP contribution in [0.5, 0.6) is 0 Å². The molecule has 8 nitrogen and oxygen atoms in total. The molecule has 1 saturated carbocycles. The third-order valence-electron chi connectivity index (χ3n) is 6.79. The number of piperazine rings is 1. The molecule has 0 radical (unpaired) electrons. The van der Waals surface area contributed by atoms with Crippen molar-refractivity contribution in [2.24, 2.45) is 11.8 Å². The SMILES string of the molecule is CCC[C@@H]1C(=O)N(CC2CCC2)C[C@H]2N(CC(C)C)c3ccc([N+](=O)[O-])cc3C(=O)N12. The molecule has 8 heteroatoms. The number of hydrogen-bond donors (Lipinski definition) is 0. The van der Waals surface area contributed by atoms with E-state index in [1.54, 1.807) is 11.0 Å². The monoisotopic (exact) mass is 428 g/mol. The van der Waals surface area contributed by atoms with Crippen molar-refractivity contribution in [3.05, 3.63) is 33.9 Å². The molecule has 0 N–H and O–H groups in total. The van der Waals surface area contributed by atoms with Crippen LogP contribution < -0.4 is 4.90 Å². The van der Waals surface area contributed by atoms with Gasteiger partial charge in [-0.3, -0.25) is 19.7 Å². The van der Waals surface area contributed by atoms with Crippen LogP contribution in [0.25, 0.3) is 0 Å². The molecule has 1 aliphatic carbocycles. The topological polar surface area (TPSA) is 87.0 Å². The number of rotatable bonds is 7. The fourth-order valence-electron chi connectivity index (χ4n) is 5.10. The first-order valence-corrected chi connectivity index (χ1v) is 11.5. The second-order valence-electron chi connectivity index (χ2n) is 9.54. The Morgan fingerprint density at radius 2 is 1.97 bits per heavy atom. The van der Waals surface area contributed by atoms with Gasteiger partial charge in [0, 0.05) is 25.2 Å². The molecule has 168 valence electrons. The molecule has 2 aliphatic heterocycles. The Morgan fingerprint density at radius 1 is 1.23 bits per heavy atom. The van der Waals surface area contributed by atoms with Crippen LogP contribution in [0.4, 0.5) is 11.4 Å². The van der Waals surface area contributed by atoms with Gasteiger partial charge < -0.3 is 14.7 Å². The molecule has 0 spiro atoms. The molecular formula is C23H32N4O4. The highest BCUT2D eigenvalue weighted by Crippen LogP contribution is 2.39. The zero-order chi connectivity index (χ0) is 22.3. The van der Waals surface area contributed by atoms with Crippen LogP contribution in [0, 0.1) is 22.0 Å². The second-order valence-corrected chi connectivity index (χ2v) is 9.54. The molecule has 0 unspecified atom stereocenters. The zero-order valence-electron chi connectivity index (χ0n) is 18.6. The van der Waals surface area contributed by atoms with E-state index >= 15 is 0 Å². The van der Waals surface area contributed by atoms with E-state index in [4.69, 9.17) is 0 Å². The number of hydrogen-bond acceptors (Lipinski definition) is 5. The molecule has 1 aromatic carbocycles. The molecule has 3 aliphatic rings. The van der Waals surface area contributed by atoms with Crippen LogP contribution in [0.1, 0.15) is 63.2 Å². The Morgan fingerprint density at radius 3 is 2.55 bits per heavy atom. The lowest BCUT2D eigenvalue weighted by Crippen LogP contribution is -2.70. The van der Waals surface area contributed by atoms with Crippen molar-refractivity contribution in [2.75, 3.05) is 24.5 Å². The summed E-state index contributed by atoms with van der Waals surface area (Å²) in [6, 6.07) is 4.03. The number of fused-ring (bicyclic) bond motifs is 2. The molecule has 2 atom stereocenters. The van der Waals surface area contributed by atoms with Gasteiger partial charge in [0.2, 0.25) is 5.91 Å². The van der Waals surface area contributed by atoms with Gasteiger partial charge in [0.25, 0.3) is 11.6 Å². The van der Waals surface area contributed by atoms with E-state index in [1.807, 2.05) is 11.8 Å². The summed E-state index contributed by atoms with van der Waals surface area (Å²) in [5.74, 6) is 0.654. The van der Waals surface area contributed by atoms with Crippen LogP contribution in [-0.4, -0.2) is 58.4 Å². The lowest BCUT2D eigenvalue weighted by molar-refractivity contribution is -0.384. The summed E-state index contributed by atoms with van der Waals surface area (Å²) in [5, 5.41) is 11.3. The molecule has 1 saturated heterocycles. The van der Waals surface area contributed by atoms with Crippen LogP contribution in [-0.2, 0) is 4.79 Å². The second kappa shape index (κ2) is 8.48. The average molecular weight is 429 g/mol. The van der Waals surface area contributed by atoms with Crippen molar-refractivity contribution < 1.29 is 14.5 Å². The Kier molecular flexibility index (Phi) is 5.90. The maximum atomic E-state index is 13.6. The van der Waals surface area contributed by atoms with E-state index in [0.29, 0.717) is 36.9 Å². The van der Waals surface area contributed by atoms with Crippen LogP contribution in [0.2, 0.25) is 0 Å². The molecule has 0 aromatic heterocycles. The minimum Gasteiger partial charge on any atom is -0.349 e. The van der Waals surface area contributed by atoms with Gasteiger partial charge in [0.05, 0.1) is 22.7 Å². The third-order valence-corrected chi connectivity index (χ3v) is 6.79. The van der Waals surface area contributed by atoms with Gasteiger partial charge >= 0.3 is 0 Å². The number of benzene rings is 1. The standard InChI is InChI=1S/C23H32N4O4/c1-4-6-20-23(29)24(13-16-7-5-8-16)14-21-25(12-15(2)3)19-10-9-17(27(30)31)11-18(19)22(28)26(20)21/h9-11,15-16,20-21H,4-8,12-14H2,1-3H3/t20-,21+/m1/s1. The normalized spacial score (nSPS) is 23.7. The minimum atomic E-state index is -0.515. The smallest absolute Gasteiger partial charge is 0.270 e. The Bertz CT molecular complexity index is 882. The molecule has 2 amide bonds. The molecule has 0 bridgehead atoms. The van der Waals surface area contributed by atoms with Gasteiger partial charge in [-0.1, -0.05) is 33.6 Å². The van der Waals surface area contributed by atoms with Crippen molar-refractivity contribution in [3.63, 3.8) is 0 Å². The average Bonchev–Trinajstić information content (AvgIpc) is 2.69. The number of nitrogens with zero attached hydrogens (tertiary/aromatic N) is 4. The maximum Gasteiger partial charge on any atom is 0.270 e. The van der Waals surface area contributed by atoms with Crippen molar-refractivity contribution in [1.29, 1.82) is 0 Å². The van der Waals surface area contributed by atoms with Crippen LogP contribution in [0.3, 0.4) is 0 Å². The predicted octanol–water partition coefficient (Wildman–Crippen LogP) is 3.65. The number of anilines is 1. The maximum absolute atomic E-state index is 13.6. The Hall–Kier alpha value is -2.64. The van der Waals surface area contributed by atoms with Gasteiger partial charge in [-0.05, 0) is 37.2 Å². The molecule has 2 heterocycles. The zero-order valence-corrected chi connectivity index (χ0v) is 18.6. The van der Waals surface area contributed by atoms with E-state index in [-0.39, 0.29) is 23.7 Å². The largest absolute Gasteiger partial charge is 0.349 e. The molecule has 31 heavy (non-hydrogen) atoms. The van der Waals surface area contributed by atoms with Crippen LogP contribution >= 0.6 is 0 Å². The molecule has 4 rings (SSSR count). The molecular weight excluding hydrogens is 396 g/mol. The van der Waals surface area contributed by atoms with E-state index in [1.165, 1.54) is 18.6 Å². The lowest BCUT2D eigenvalue weighted by Gasteiger charge is -2.54. The summed E-state index contributed by atoms with van der Waals surface area (Å²) >= 11 is 0. The summed E-state index contributed by atoms with van der Waals surface area (Å²) in [6.45, 7) is 8.23. The van der Waals surface area contributed by atoms with E-state index in [2.05, 4.69) is 18.7 Å². The third kappa shape index (κ3) is 3.88. The highest BCUT2D eigenvalue weighted by molar-refractivity contribution is 6.05. The fraction of sp³-hybridized carbons (Fsp3) is 0.652. The number of nitro groups is 1. The minimum absolute atomic E-state index is 0.0247. The number of nitro benzene ring substituents is 1. The fourth-order valence-corrected chi connectivity index (χ4v) is 5.10. The first-order valence-electron chi connectivity index (χ1n) is 11.5. The van der Waals surface area contributed by atoms with Gasteiger partial charge in [0.15, 0.2) is 0 Å². The number of carbonyl (C=O) groups is 2. The quantitative estimate of drug-likeness (QED) is 0.489. The summed E-state index contributed by atoms with van der Waals surface area (Å²) in [4.78, 5) is 43.8. The lowest BCUT2D eigenvalue weighted by atomic mass is 9.84.